The first-order chi connectivity index (χ1) is 8.79. The normalized spacial score (nSPS) is 22.4. The molecule has 0 spiro atoms. The van der Waals surface area contributed by atoms with E-state index < -0.39 is 0 Å². The van der Waals surface area contributed by atoms with Crippen LogP contribution in [-0.4, -0.2) is 19.3 Å². The highest BCUT2D eigenvalue weighted by molar-refractivity contribution is 5.24. The topological polar surface area (TPSA) is 21.3 Å². The minimum absolute atomic E-state index is 0.480. The summed E-state index contributed by atoms with van der Waals surface area (Å²) in [6.45, 7) is 6.23. The summed E-state index contributed by atoms with van der Waals surface area (Å²) >= 11 is 0. The highest BCUT2D eigenvalue weighted by atomic mass is 16.5. The summed E-state index contributed by atoms with van der Waals surface area (Å²) in [6.07, 6.45) is 4.70. The molecule has 1 N–H and O–H groups in total. The molecule has 2 heteroatoms. The van der Waals surface area contributed by atoms with Crippen LogP contribution < -0.4 is 5.32 Å². The zero-order valence-corrected chi connectivity index (χ0v) is 11.6. The molecule has 1 heterocycles. The standard InChI is InChI=1S/C16H25NO/c1-3-16(14-8-6-13(2)7-9-14)17-15-5-4-11-18-12-10-15/h6-9,15-17H,3-5,10-12H2,1-2H3. The first-order valence-corrected chi connectivity index (χ1v) is 7.20. The van der Waals surface area contributed by atoms with E-state index in [0.717, 1.165) is 26.1 Å². The number of hydrogen-bond donors (Lipinski definition) is 1. The van der Waals surface area contributed by atoms with Crippen molar-refractivity contribution >= 4 is 0 Å². The van der Waals surface area contributed by atoms with E-state index in [9.17, 15) is 0 Å². The lowest BCUT2D eigenvalue weighted by atomic mass is 10.0. The van der Waals surface area contributed by atoms with Crippen molar-refractivity contribution in [3.8, 4) is 0 Å². The second kappa shape index (κ2) is 6.91. The van der Waals surface area contributed by atoms with E-state index in [1.807, 2.05) is 0 Å². The molecule has 100 valence electrons. The van der Waals surface area contributed by atoms with Crippen LogP contribution in [0.5, 0.6) is 0 Å². The molecule has 0 saturated carbocycles. The van der Waals surface area contributed by atoms with E-state index in [1.165, 1.54) is 24.0 Å². The van der Waals surface area contributed by atoms with Crippen molar-refractivity contribution in [2.24, 2.45) is 0 Å². The molecule has 1 saturated heterocycles. The van der Waals surface area contributed by atoms with Crippen molar-refractivity contribution in [3.05, 3.63) is 35.4 Å². The van der Waals surface area contributed by atoms with E-state index in [0.29, 0.717) is 12.1 Å². The molecule has 0 aliphatic carbocycles. The van der Waals surface area contributed by atoms with E-state index in [2.05, 4.69) is 43.4 Å². The van der Waals surface area contributed by atoms with Gasteiger partial charge in [0.15, 0.2) is 0 Å². The van der Waals surface area contributed by atoms with Gasteiger partial charge < -0.3 is 10.1 Å². The summed E-state index contributed by atoms with van der Waals surface area (Å²) < 4.78 is 5.52. The van der Waals surface area contributed by atoms with Gasteiger partial charge in [-0.2, -0.15) is 0 Å². The number of aryl methyl sites for hydroxylation is 1. The molecule has 1 aromatic rings. The average molecular weight is 247 g/mol. The number of benzene rings is 1. The van der Waals surface area contributed by atoms with Crippen LogP contribution in [0.1, 0.15) is 49.8 Å². The Morgan fingerprint density at radius 3 is 2.72 bits per heavy atom. The Morgan fingerprint density at radius 2 is 2.00 bits per heavy atom. The predicted molar refractivity (Wildman–Crippen MR) is 75.8 cm³/mol. The minimum Gasteiger partial charge on any atom is -0.381 e. The molecule has 2 rings (SSSR count). The zero-order valence-electron chi connectivity index (χ0n) is 11.6. The Kier molecular flexibility index (Phi) is 5.21. The van der Waals surface area contributed by atoms with Gasteiger partial charge in [-0.15, -0.1) is 0 Å². The third-order valence-electron chi connectivity index (χ3n) is 3.78. The second-order valence-corrected chi connectivity index (χ2v) is 5.28. The summed E-state index contributed by atoms with van der Waals surface area (Å²) in [5.41, 5.74) is 2.74. The summed E-state index contributed by atoms with van der Waals surface area (Å²) in [5.74, 6) is 0. The maximum atomic E-state index is 5.52. The number of ether oxygens (including phenoxy) is 1. The third kappa shape index (κ3) is 3.82. The van der Waals surface area contributed by atoms with Gasteiger partial charge in [-0.25, -0.2) is 0 Å². The molecule has 1 aliphatic rings. The zero-order chi connectivity index (χ0) is 12.8. The SMILES string of the molecule is CCC(NC1CCCOCC1)c1ccc(C)cc1. The van der Waals surface area contributed by atoms with Crippen molar-refractivity contribution in [2.75, 3.05) is 13.2 Å². The molecule has 0 amide bonds. The fraction of sp³-hybridized carbons (Fsp3) is 0.625. The molecule has 0 aromatic heterocycles. The van der Waals surface area contributed by atoms with Gasteiger partial charge in [-0.3, -0.25) is 0 Å². The molecule has 1 aliphatic heterocycles. The van der Waals surface area contributed by atoms with Gasteiger partial charge in [-0.05, 0) is 38.2 Å². The van der Waals surface area contributed by atoms with E-state index in [1.54, 1.807) is 0 Å². The van der Waals surface area contributed by atoms with Crippen molar-refractivity contribution in [1.82, 2.24) is 5.32 Å². The molecular formula is C16H25NO. The van der Waals surface area contributed by atoms with Gasteiger partial charge in [0.25, 0.3) is 0 Å². The quantitative estimate of drug-likeness (QED) is 0.877. The summed E-state index contributed by atoms with van der Waals surface area (Å²) in [5, 5.41) is 3.80. The van der Waals surface area contributed by atoms with Crippen molar-refractivity contribution in [3.63, 3.8) is 0 Å². The van der Waals surface area contributed by atoms with Crippen LogP contribution in [-0.2, 0) is 4.74 Å². The Hall–Kier alpha value is -0.860. The Bertz CT molecular complexity index is 339. The first-order valence-electron chi connectivity index (χ1n) is 7.20. The van der Waals surface area contributed by atoms with Gasteiger partial charge in [-0.1, -0.05) is 36.8 Å². The lowest BCUT2D eigenvalue weighted by molar-refractivity contribution is 0.142. The average Bonchev–Trinajstić information content (AvgIpc) is 2.66. The highest BCUT2D eigenvalue weighted by Gasteiger charge is 2.17. The molecule has 1 aromatic carbocycles. The van der Waals surface area contributed by atoms with E-state index in [4.69, 9.17) is 4.74 Å². The smallest absolute Gasteiger partial charge is 0.0480 e. The van der Waals surface area contributed by atoms with Crippen LogP contribution in [0.4, 0.5) is 0 Å². The maximum Gasteiger partial charge on any atom is 0.0480 e. The summed E-state index contributed by atoms with van der Waals surface area (Å²) in [6, 6.07) is 10.0. The molecule has 0 radical (unpaired) electrons. The van der Waals surface area contributed by atoms with Crippen LogP contribution in [0.25, 0.3) is 0 Å². The summed E-state index contributed by atoms with van der Waals surface area (Å²) in [7, 11) is 0. The molecular weight excluding hydrogens is 222 g/mol. The number of nitrogens with one attached hydrogen (secondary N) is 1. The molecule has 18 heavy (non-hydrogen) atoms. The van der Waals surface area contributed by atoms with Crippen LogP contribution in [0.15, 0.2) is 24.3 Å². The molecule has 2 nitrogen and oxygen atoms in total. The second-order valence-electron chi connectivity index (χ2n) is 5.28. The molecule has 2 atom stereocenters. The highest BCUT2D eigenvalue weighted by Crippen LogP contribution is 2.20. The molecule has 2 unspecified atom stereocenters. The van der Waals surface area contributed by atoms with Gasteiger partial charge >= 0.3 is 0 Å². The monoisotopic (exact) mass is 247 g/mol. The fourth-order valence-electron chi connectivity index (χ4n) is 2.60. The van der Waals surface area contributed by atoms with Crippen molar-refractivity contribution in [1.29, 1.82) is 0 Å². The van der Waals surface area contributed by atoms with Crippen LogP contribution in [0.2, 0.25) is 0 Å². The first kappa shape index (κ1) is 13.6. The van der Waals surface area contributed by atoms with Gasteiger partial charge in [0.1, 0.15) is 0 Å². The Labute approximate surface area is 111 Å². The lowest BCUT2D eigenvalue weighted by Gasteiger charge is -2.24. The number of rotatable bonds is 4. The van der Waals surface area contributed by atoms with Gasteiger partial charge in [0.2, 0.25) is 0 Å². The fourth-order valence-corrected chi connectivity index (χ4v) is 2.60. The third-order valence-corrected chi connectivity index (χ3v) is 3.78. The Morgan fingerprint density at radius 1 is 1.22 bits per heavy atom. The number of hydrogen-bond acceptors (Lipinski definition) is 2. The van der Waals surface area contributed by atoms with E-state index in [-0.39, 0.29) is 0 Å². The molecule has 0 bridgehead atoms. The summed E-state index contributed by atoms with van der Waals surface area (Å²) in [4.78, 5) is 0. The van der Waals surface area contributed by atoms with Crippen LogP contribution in [0, 0.1) is 6.92 Å². The minimum atomic E-state index is 0.480. The van der Waals surface area contributed by atoms with Crippen LogP contribution in [0.3, 0.4) is 0 Å². The lowest BCUT2D eigenvalue weighted by Crippen LogP contribution is -2.32. The van der Waals surface area contributed by atoms with E-state index >= 15 is 0 Å². The van der Waals surface area contributed by atoms with Crippen LogP contribution >= 0.6 is 0 Å². The predicted octanol–water partition coefficient (Wildman–Crippen LogP) is 3.60. The maximum absolute atomic E-state index is 5.52. The largest absolute Gasteiger partial charge is 0.381 e. The van der Waals surface area contributed by atoms with Crippen molar-refractivity contribution < 1.29 is 4.74 Å². The Balaban J connectivity index is 1.97. The van der Waals surface area contributed by atoms with Gasteiger partial charge in [0, 0.05) is 25.3 Å². The molecule has 1 fully saturated rings. The van der Waals surface area contributed by atoms with Crippen molar-refractivity contribution in [2.45, 2.75) is 51.6 Å². The van der Waals surface area contributed by atoms with Gasteiger partial charge in [0.05, 0.1) is 0 Å².